The highest BCUT2D eigenvalue weighted by Gasteiger charge is 2.29. The van der Waals surface area contributed by atoms with E-state index in [1.165, 1.54) is 17.9 Å². The molecule has 11 heteroatoms. The van der Waals surface area contributed by atoms with E-state index in [2.05, 4.69) is 10.4 Å². The highest BCUT2D eigenvalue weighted by atomic mass is 32.1. The number of aryl methyl sites for hydroxylation is 1. The molecule has 156 valence electrons. The van der Waals surface area contributed by atoms with Gasteiger partial charge in [-0.15, -0.1) is 11.3 Å². The molecule has 0 unspecified atom stereocenters. The van der Waals surface area contributed by atoms with Crippen LogP contribution in [-0.4, -0.2) is 51.4 Å². The molecule has 29 heavy (non-hydrogen) atoms. The maximum Gasteiger partial charge on any atom is 0.357 e. The first kappa shape index (κ1) is 22.1. The second kappa shape index (κ2) is 8.86. The molecule has 1 amide bonds. The summed E-state index contributed by atoms with van der Waals surface area (Å²) in [5.74, 6) is -3.51. The third-order valence-electron chi connectivity index (χ3n) is 3.66. The van der Waals surface area contributed by atoms with Crippen molar-refractivity contribution in [2.24, 2.45) is 7.05 Å². The van der Waals surface area contributed by atoms with Crippen LogP contribution in [0.5, 0.6) is 0 Å². The predicted octanol–water partition coefficient (Wildman–Crippen LogP) is 2.48. The highest BCUT2D eigenvalue weighted by molar-refractivity contribution is 7.18. The predicted molar refractivity (Wildman–Crippen MR) is 104 cm³/mol. The van der Waals surface area contributed by atoms with E-state index in [4.69, 9.17) is 9.47 Å². The summed E-state index contributed by atoms with van der Waals surface area (Å²) < 4.78 is 11.4. The van der Waals surface area contributed by atoms with Gasteiger partial charge in [-0.3, -0.25) is 9.48 Å². The Hall–Kier alpha value is -3.21. The van der Waals surface area contributed by atoms with Crippen LogP contribution < -0.4 is 5.32 Å². The van der Waals surface area contributed by atoms with Crippen LogP contribution in [0.3, 0.4) is 0 Å². The number of carboxylic acids is 1. The number of carboxylic acid groups (broad SMARTS) is 1. The van der Waals surface area contributed by atoms with Gasteiger partial charge in [0.25, 0.3) is 5.91 Å². The minimum absolute atomic E-state index is 0.0147. The minimum Gasteiger partial charge on any atom is -0.476 e. The van der Waals surface area contributed by atoms with Crippen LogP contribution >= 0.6 is 11.3 Å². The Morgan fingerprint density at radius 1 is 1.28 bits per heavy atom. The Morgan fingerprint density at radius 3 is 2.48 bits per heavy atom. The van der Waals surface area contributed by atoms with Gasteiger partial charge in [-0.2, -0.15) is 5.10 Å². The number of carbonyl (C=O) groups excluding carboxylic acids is 3. The molecule has 0 aromatic carbocycles. The second-order valence-electron chi connectivity index (χ2n) is 6.26. The van der Waals surface area contributed by atoms with Gasteiger partial charge in [0.1, 0.15) is 9.88 Å². The lowest BCUT2D eigenvalue weighted by Crippen LogP contribution is -2.18. The normalized spacial score (nSPS) is 10.7. The van der Waals surface area contributed by atoms with E-state index >= 15 is 0 Å². The van der Waals surface area contributed by atoms with E-state index in [-0.39, 0.29) is 27.6 Å². The molecule has 0 saturated heterocycles. The van der Waals surface area contributed by atoms with Gasteiger partial charge in [0.05, 0.1) is 23.8 Å². The number of aromatic carboxylic acids is 1. The zero-order valence-corrected chi connectivity index (χ0v) is 17.4. The fourth-order valence-electron chi connectivity index (χ4n) is 2.49. The van der Waals surface area contributed by atoms with E-state index in [9.17, 15) is 24.3 Å². The number of ether oxygens (including phenoxy) is 2. The van der Waals surface area contributed by atoms with Gasteiger partial charge in [0.15, 0.2) is 5.69 Å². The molecule has 0 bridgehead atoms. The third kappa shape index (κ3) is 4.80. The molecule has 10 nitrogen and oxygen atoms in total. The molecular formula is C18H21N3O7S. The fourth-order valence-corrected chi connectivity index (χ4v) is 3.58. The van der Waals surface area contributed by atoms with Crippen molar-refractivity contribution in [3.05, 3.63) is 33.5 Å². The van der Waals surface area contributed by atoms with Crippen molar-refractivity contribution in [3.63, 3.8) is 0 Å². The van der Waals surface area contributed by atoms with E-state index in [1.807, 2.05) is 0 Å². The van der Waals surface area contributed by atoms with Crippen LogP contribution in [0.15, 0.2) is 6.20 Å². The summed E-state index contributed by atoms with van der Waals surface area (Å²) in [5.41, 5.74) is -0.304. The number of nitrogens with one attached hydrogen (secondary N) is 1. The SMILES string of the molecule is CCOC(=O)c1sc(NC(=O)c2cn(C)nc2C(=O)O)c(C(=O)OC(C)C)c1C. The van der Waals surface area contributed by atoms with Crippen LogP contribution in [0, 0.1) is 6.92 Å². The molecule has 2 aromatic rings. The number of amides is 1. The molecule has 2 N–H and O–H groups in total. The van der Waals surface area contributed by atoms with Crippen LogP contribution in [0.1, 0.15) is 67.2 Å². The van der Waals surface area contributed by atoms with Crippen molar-refractivity contribution in [1.29, 1.82) is 0 Å². The summed E-state index contributed by atoms with van der Waals surface area (Å²) in [6, 6.07) is 0. The first-order valence-corrected chi connectivity index (χ1v) is 9.48. The monoisotopic (exact) mass is 423 g/mol. The standard InChI is InChI=1S/C18H21N3O7S/c1-6-27-18(26)13-9(4)11(17(25)28-8(2)3)15(29-13)19-14(22)10-7-21(5)20-12(10)16(23)24/h7-8H,6H2,1-5H3,(H,19,22)(H,23,24). The molecular weight excluding hydrogens is 402 g/mol. The maximum absolute atomic E-state index is 12.7. The van der Waals surface area contributed by atoms with E-state index in [0.29, 0.717) is 5.56 Å². The van der Waals surface area contributed by atoms with Crippen molar-refractivity contribution in [2.45, 2.75) is 33.8 Å². The average molecular weight is 423 g/mol. The Balaban J connectivity index is 2.49. The number of thiophene rings is 1. The molecule has 0 aliphatic rings. The maximum atomic E-state index is 12.7. The zero-order valence-electron chi connectivity index (χ0n) is 16.6. The first-order chi connectivity index (χ1) is 13.6. The number of nitrogens with zero attached hydrogens (tertiary/aromatic N) is 2. The molecule has 2 rings (SSSR count). The molecule has 0 aliphatic carbocycles. The van der Waals surface area contributed by atoms with E-state index in [1.54, 1.807) is 27.7 Å². The van der Waals surface area contributed by atoms with Crippen LogP contribution in [0.4, 0.5) is 5.00 Å². The van der Waals surface area contributed by atoms with Gasteiger partial charge >= 0.3 is 17.9 Å². The Kier molecular flexibility index (Phi) is 6.75. The number of anilines is 1. The summed E-state index contributed by atoms with van der Waals surface area (Å²) in [4.78, 5) is 48.9. The minimum atomic E-state index is -1.37. The summed E-state index contributed by atoms with van der Waals surface area (Å²) in [7, 11) is 1.48. The zero-order chi connectivity index (χ0) is 21.9. The van der Waals surface area contributed by atoms with Crippen molar-refractivity contribution in [2.75, 3.05) is 11.9 Å². The van der Waals surface area contributed by atoms with Crippen molar-refractivity contribution < 1.29 is 33.8 Å². The number of hydrogen-bond donors (Lipinski definition) is 2. The van der Waals surface area contributed by atoms with Crippen LogP contribution in [-0.2, 0) is 16.5 Å². The lowest BCUT2D eigenvalue weighted by molar-refractivity contribution is 0.0378. The molecule has 2 aromatic heterocycles. The highest BCUT2D eigenvalue weighted by Crippen LogP contribution is 2.35. The number of rotatable bonds is 7. The van der Waals surface area contributed by atoms with Crippen molar-refractivity contribution in [1.82, 2.24) is 9.78 Å². The number of esters is 2. The quantitative estimate of drug-likeness (QED) is 0.648. The van der Waals surface area contributed by atoms with Gasteiger partial charge in [-0.25, -0.2) is 14.4 Å². The van der Waals surface area contributed by atoms with Crippen LogP contribution in [0.2, 0.25) is 0 Å². The first-order valence-electron chi connectivity index (χ1n) is 8.66. The second-order valence-corrected chi connectivity index (χ2v) is 7.28. The smallest absolute Gasteiger partial charge is 0.357 e. The lowest BCUT2D eigenvalue weighted by atomic mass is 10.1. The summed E-state index contributed by atoms with van der Waals surface area (Å²) >= 11 is 0.852. The molecule has 0 radical (unpaired) electrons. The van der Waals surface area contributed by atoms with Crippen molar-refractivity contribution in [3.8, 4) is 0 Å². The molecule has 2 heterocycles. The molecule has 0 fully saturated rings. The Morgan fingerprint density at radius 2 is 1.93 bits per heavy atom. The Labute approximate surface area is 170 Å². The molecule has 0 spiro atoms. The van der Waals surface area contributed by atoms with E-state index < -0.39 is 35.6 Å². The average Bonchev–Trinajstić information content (AvgIpc) is 3.15. The Bertz CT molecular complexity index is 975. The summed E-state index contributed by atoms with van der Waals surface area (Å²) in [6.07, 6.45) is 0.825. The third-order valence-corrected chi connectivity index (χ3v) is 4.84. The van der Waals surface area contributed by atoms with Gasteiger partial charge in [0, 0.05) is 13.2 Å². The topological polar surface area (TPSA) is 137 Å². The number of carbonyl (C=O) groups is 4. The van der Waals surface area contributed by atoms with E-state index in [0.717, 1.165) is 11.3 Å². The van der Waals surface area contributed by atoms with Gasteiger partial charge in [0.2, 0.25) is 0 Å². The fraction of sp³-hybridized carbons (Fsp3) is 0.389. The molecule has 0 atom stereocenters. The van der Waals surface area contributed by atoms with Crippen LogP contribution in [0.25, 0.3) is 0 Å². The van der Waals surface area contributed by atoms with Crippen molar-refractivity contribution >= 4 is 40.2 Å². The molecule has 0 saturated carbocycles. The summed E-state index contributed by atoms with van der Waals surface area (Å²) in [6.45, 7) is 6.66. The van der Waals surface area contributed by atoms with Gasteiger partial charge in [-0.05, 0) is 33.3 Å². The number of aromatic nitrogens is 2. The van der Waals surface area contributed by atoms with Gasteiger partial charge in [-0.1, -0.05) is 0 Å². The van der Waals surface area contributed by atoms with Gasteiger partial charge < -0.3 is 19.9 Å². The summed E-state index contributed by atoms with van der Waals surface area (Å²) in [5, 5.41) is 15.5. The lowest BCUT2D eigenvalue weighted by Gasteiger charge is -2.10. The number of hydrogen-bond acceptors (Lipinski definition) is 8. The largest absolute Gasteiger partial charge is 0.476 e. The molecule has 0 aliphatic heterocycles.